The Balaban J connectivity index is 1.79. The lowest BCUT2D eigenvalue weighted by atomic mass is 9.96. The number of carbonyl (C=O) groups is 1. The third-order valence-corrected chi connectivity index (χ3v) is 6.30. The maximum Gasteiger partial charge on any atom is 0.330 e. The molecule has 0 amide bonds. The van der Waals surface area contributed by atoms with Gasteiger partial charge in [0.05, 0.1) is 25.5 Å². The maximum atomic E-state index is 13.9. The van der Waals surface area contributed by atoms with E-state index >= 15 is 0 Å². The Hall–Kier alpha value is -4.32. The Labute approximate surface area is 227 Å². The maximum absolute atomic E-state index is 13.9. The Morgan fingerprint density at radius 3 is 2.62 bits per heavy atom. The molecule has 2 aromatic rings. The van der Waals surface area contributed by atoms with Gasteiger partial charge in [-0.2, -0.15) is 0 Å². The first kappa shape index (κ1) is 27.7. The summed E-state index contributed by atoms with van der Waals surface area (Å²) in [7, 11) is 0. The molecule has 1 N–H and O–H groups in total. The molecular formula is C32H30F2N2O3. The van der Waals surface area contributed by atoms with Gasteiger partial charge in [0.1, 0.15) is 11.6 Å². The van der Waals surface area contributed by atoms with E-state index in [1.165, 1.54) is 6.08 Å². The van der Waals surface area contributed by atoms with Gasteiger partial charge in [-0.3, -0.25) is 5.41 Å². The summed E-state index contributed by atoms with van der Waals surface area (Å²) >= 11 is 0. The van der Waals surface area contributed by atoms with Gasteiger partial charge in [-0.25, -0.2) is 13.6 Å². The molecule has 2 aromatic carbocycles. The summed E-state index contributed by atoms with van der Waals surface area (Å²) in [4.78, 5) is 14.0. The lowest BCUT2D eigenvalue weighted by Gasteiger charge is -2.31. The molecule has 0 saturated carbocycles. The number of morpholine rings is 1. The Morgan fingerprint density at radius 1 is 1.15 bits per heavy atom. The van der Waals surface area contributed by atoms with Crippen molar-refractivity contribution in [2.24, 2.45) is 0 Å². The molecular weight excluding hydrogens is 498 g/mol. The van der Waals surface area contributed by atoms with Gasteiger partial charge in [0.15, 0.2) is 0 Å². The van der Waals surface area contributed by atoms with Crippen molar-refractivity contribution in [2.45, 2.75) is 13.8 Å². The quantitative estimate of drug-likeness (QED) is 0.200. The zero-order valence-corrected chi connectivity index (χ0v) is 22.0. The highest BCUT2D eigenvalue weighted by Crippen LogP contribution is 2.28. The summed E-state index contributed by atoms with van der Waals surface area (Å²) < 4.78 is 38.3. The predicted octanol–water partition coefficient (Wildman–Crippen LogP) is 6.25. The average Bonchev–Trinajstić information content (AvgIpc) is 3.01. The van der Waals surface area contributed by atoms with E-state index in [-0.39, 0.29) is 11.3 Å². The molecule has 0 radical (unpaired) electrons. The molecule has 1 fully saturated rings. The molecule has 0 unspecified atom stereocenters. The number of carbonyl (C=O) groups excluding carboxylic acids is 1. The third kappa shape index (κ3) is 7.17. The molecule has 1 heterocycles. The molecule has 1 aliphatic heterocycles. The second kappa shape index (κ2) is 13.0. The zero-order chi connectivity index (χ0) is 27.8. The van der Waals surface area contributed by atoms with Crippen LogP contribution in [0.4, 0.5) is 8.78 Å². The first-order chi connectivity index (χ1) is 18.9. The second-order valence-corrected chi connectivity index (χ2v) is 9.00. The van der Waals surface area contributed by atoms with Gasteiger partial charge in [-0.05, 0) is 61.4 Å². The standard InChI is InChI=1S/C32H30F2N2O3/c1-3-39-31(37)13-11-23-6-4-7-24(18-23)29-12-10-22(2)28(32(35)25-19-26(33)21-27(34)20-25)8-5-9-30(29)36-14-16-38-17-15-36/h4-9,11-13,18-21,35H,3,14-17H2,1-2H3/b9-5+,13-11+,28-8-,30-29-,35-32?. The lowest BCUT2D eigenvalue weighted by molar-refractivity contribution is -0.137. The molecule has 5 nitrogen and oxygen atoms in total. The molecule has 1 aliphatic carbocycles. The highest BCUT2D eigenvalue weighted by molar-refractivity contribution is 6.13. The van der Waals surface area contributed by atoms with E-state index in [1.54, 1.807) is 19.1 Å². The summed E-state index contributed by atoms with van der Waals surface area (Å²) in [5.41, 5.74) is 8.20. The largest absolute Gasteiger partial charge is 0.463 e. The molecule has 200 valence electrons. The first-order valence-electron chi connectivity index (χ1n) is 12.8. The predicted molar refractivity (Wildman–Crippen MR) is 149 cm³/mol. The van der Waals surface area contributed by atoms with E-state index in [0.717, 1.165) is 40.6 Å². The van der Waals surface area contributed by atoms with Crippen molar-refractivity contribution in [3.8, 4) is 0 Å². The lowest BCUT2D eigenvalue weighted by Crippen LogP contribution is -2.35. The van der Waals surface area contributed by atoms with Crippen LogP contribution >= 0.6 is 0 Å². The van der Waals surface area contributed by atoms with Gasteiger partial charge in [-0.1, -0.05) is 30.4 Å². The third-order valence-electron chi connectivity index (χ3n) is 6.30. The van der Waals surface area contributed by atoms with Crippen LogP contribution in [-0.4, -0.2) is 49.5 Å². The van der Waals surface area contributed by atoms with Crippen LogP contribution in [-0.2, 0) is 14.3 Å². The summed E-state index contributed by atoms with van der Waals surface area (Å²) in [5, 5.41) is 8.69. The monoisotopic (exact) mass is 528 g/mol. The smallest absolute Gasteiger partial charge is 0.330 e. The Morgan fingerprint density at radius 2 is 1.90 bits per heavy atom. The number of ether oxygens (including phenoxy) is 2. The molecule has 0 bridgehead atoms. The van der Waals surface area contributed by atoms with Crippen LogP contribution in [0.5, 0.6) is 0 Å². The van der Waals surface area contributed by atoms with Gasteiger partial charge in [-0.15, -0.1) is 5.73 Å². The SMILES string of the molecule is CCOC(=O)/C=C/c1cccc(/C2=C(N3CCOCC3)/C=C/C=C(\C(=N)c3cc(F)cc(F)c3)C(C)=C=C2)c1. The number of hydrogen-bond donors (Lipinski definition) is 1. The fourth-order valence-corrected chi connectivity index (χ4v) is 4.38. The van der Waals surface area contributed by atoms with E-state index in [1.807, 2.05) is 49.4 Å². The van der Waals surface area contributed by atoms with Crippen LogP contribution in [0.25, 0.3) is 11.6 Å². The van der Waals surface area contributed by atoms with Crippen LogP contribution in [0.2, 0.25) is 0 Å². The van der Waals surface area contributed by atoms with Crippen molar-refractivity contribution in [1.82, 2.24) is 4.90 Å². The minimum atomic E-state index is -0.735. The van der Waals surface area contributed by atoms with Crippen molar-refractivity contribution < 1.29 is 23.0 Å². The number of halogens is 2. The van der Waals surface area contributed by atoms with Crippen molar-refractivity contribution in [1.29, 1.82) is 5.41 Å². The molecule has 4 rings (SSSR count). The van der Waals surface area contributed by atoms with Gasteiger partial charge in [0.25, 0.3) is 0 Å². The number of hydrogen-bond acceptors (Lipinski definition) is 5. The number of nitrogens with one attached hydrogen (secondary N) is 1. The van der Waals surface area contributed by atoms with E-state index < -0.39 is 17.6 Å². The van der Waals surface area contributed by atoms with E-state index in [2.05, 4.69) is 10.6 Å². The summed E-state index contributed by atoms with van der Waals surface area (Å²) in [5.74, 6) is -1.87. The van der Waals surface area contributed by atoms with E-state index in [4.69, 9.17) is 14.9 Å². The first-order valence-corrected chi connectivity index (χ1v) is 12.8. The van der Waals surface area contributed by atoms with E-state index in [0.29, 0.717) is 44.1 Å². The van der Waals surface area contributed by atoms with Crippen molar-refractivity contribution in [3.63, 3.8) is 0 Å². The molecule has 7 heteroatoms. The highest BCUT2D eigenvalue weighted by Gasteiger charge is 2.18. The zero-order valence-electron chi connectivity index (χ0n) is 22.0. The number of nitrogens with zero attached hydrogens (tertiary/aromatic N) is 1. The van der Waals surface area contributed by atoms with E-state index in [9.17, 15) is 13.6 Å². The van der Waals surface area contributed by atoms with Gasteiger partial charge >= 0.3 is 5.97 Å². The fraction of sp³-hybridized carbons (Fsp3) is 0.219. The van der Waals surface area contributed by atoms with Crippen LogP contribution in [0.1, 0.15) is 30.5 Å². The molecule has 1 saturated heterocycles. The van der Waals surface area contributed by atoms with Crippen molar-refractivity contribution in [3.05, 3.63) is 124 Å². The van der Waals surface area contributed by atoms with Crippen LogP contribution in [0.3, 0.4) is 0 Å². The minimum Gasteiger partial charge on any atom is -0.463 e. The minimum absolute atomic E-state index is 0.000998. The van der Waals surface area contributed by atoms with Crippen molar-refractivity contribution in [2.75, 3.05) is 32.9 Å². The number of esters is 1. The van der Waals surface area contributed by atoms with Crippen LogP contribution in [0, 0.1) is 17.0 Å². The Kier molecular flexibility index (Phi) is 9.21. The number of allylic oxidation sites excluding steroid dienone is 6. The van der Waals surface area contributed by atoms with Gasteiger partial charge in [0, 0.05) is 53.2 Å². The van der Waals surface area contributed by atoms with Crippen LogP contribution < -0.4 is 0 Å². The van der Waals surface area contributed by atoms with Gasteiger partial charge < -0.3 is 14.4 Å². The van der Waals surface area contributed by atoms with Crippen LogP contribution in [0.15, 0.2) is 95.4 Å². The summed E-state index contributed by atoms with van der Waals surface area (Å²) in [6.45, 7) is 6.50. The Bertz CT molecular complexity index is 1430. The summed E-state index contributed by atoms with van der Waals surface area (Å²) in [6.07, 6.45) is 10.6. The topological polar surface area (TPSA) is 62.6 Å². The average molecular weight is 529 g/mol. The number of benzene rings is 2. The summed E-state index contributed by atoms with van der Waals surface area (Å²) in [6, 6.07) is 10.9. The molecule has 0 aromatic heterocycles. The fourth-order valence-electron chi connectivity index (χ4n) is 4.38. The molecule has 0 spiro atoms. The normalized spacial score (nSPS) is 19.9. The van der Waals surface area contributed by atoms with Gasteiger partial charge in [0.2, 0.25) is 0 Å². The highest BCUT2D eigenvalue weighted by atomic mass is 19.1. The molecule has 39 heavy (non-hydrogen) atoms. The second-order valence-electron chi connectivity index (χ2n) is 9.00. The number of rotatable bonds is 7. The van der Waals surface area contributed by atoms with Crippen molar-refractivity contribution >= 4 is 23.3 Å². The molecule has 0 atom stereocenters. The molecule has 2 aliphatic rings.